The van der Waals surface area contributed by atoms with E-state index in [1.807, 2.05) is 11.4 Å². The van der Waals surface area contributed by atoms with E-state index in [9.17, 15) is 4.79 Å². The standard InChI is InChI=1S/C15H21FN2O2S/c16-15(14(19)18-6-8-20-9-7-18)4-2-5-17(12-15)11-13-3-1-10-21-13/h1,3,10H,2,4-9,11-12H2. The number of ether oxygens (including phenoxy) is 1. The maximum absolute atomic E-state index is 15.2. The fourth-order valence-electron chi connectivity index (χ4n) is 3.08. The minimum absolute atomic E-state index is 0.209. The van der Waals surface area contributed by atoms with Crippen molar-refractivity contribution in [3.63, 3.8) is 0 Å². The van der Waals surface area contributed by atoms with Gasteiger partial charge in [0, 0.05) is 31.1 Å². The summed E-state index contributed by atoms with van der Waals surface area (Å²) in [6.07, 6.45) is 1.07. The predicted molar refractivity (Wildman–Crippen MR) is 80.1 cm³/mol. The number of halogens is 1. The molecule has 3 heterocycles. The normalized spacial score (nSPS) is 27.8. The Bertz CT molecular complexity index is 476. The first-order valence-corrected chi connectivity index (χ1v) is 8.36. The van der Waals surface area contributed by atoms with Crippen molar-refractivity contribution in [3.05, 3.63) is 22.4 Å². The summed E-state index contributed by atoms with van der Waals surface area (Å²) < 4.78 is 20.4. The van der Waals surface area contributed by atoms with Gasteiger partial charge < -0.3 is 9.64 Å². The van der Waals surface area contributed by atoms with Crippen LogP contribution in [0.1, 0.15) is 17.7 Å². The van der Waals surface area contributed by atoms with Crippen LogP contribution in [0.25, 0.3) is 0 Å². The molecule has 0 saturated carbocycles. The molecule has 2 aliphatic heterocycles. The molecule has 2 saturated heterocycles. The molecule has 1 aromatic rings. The van der Waals surface area contributed by atoms with E-state index in [1.165, 1.54) is 4.88 Å². The lowest BCUT2D eigenvalue weighted by molar-refractivity contribution is -0.152. The van der Waals surface area contributed by atoms with E-state index in [2.05, 4.69) is 11.0 Å². The highest BCUT2D eigenvalue weighted by Gasteiger charge is 2.45. The molecule has 0 aromatic carbocycles. The first-order chi connectivity index (χ1) is 10.2. The average Bonchev–Trinajstić information content (AvgIpc) is 3.00. The van der Waals surface area contributed by atoms with Crippen LogP contribution in [0.5, 0.6) is 0 Å². The number of hydrogen-bond acceptors (Lipinski definition) is 4. The second kappa shape index (κ2) is 6.42. The number of piperidine rings is 1. The van der Waals surface area contributed by atoms with Gasteiger partial charge in [0.05, 0.1) is 13.2 Å². The van der Waals surface area contributed by atoms with Crippen molar-refractivity contribution in [1.82, 2.24) is 9.80 Å². The molecule has 3 rings (SSSR count). The molecule has 116 valence electrons. The third-order valence-corrected chi connectivity index (χ3v) is 5.02. The predicted octanol–water partition coefficient (Wildman–Crippen LogP) is 1.91. The molecule has 1 atom stereocenters. The number of morpholine rings is 1. The van der Waals surface area contributed by atoms with Gasteiger partial charge in [-0.2, -0.15) is 0 Å². The Kier molecular flexibility index (Phi) is 4.57. The van der Waals surface area contributed by atoms with Crippen LogP contribution >= 0.6 is 11.3 Å². The summed E-state index contributed by atoms with van der Waals surface area (Å²) in [5.41, 5.74) is -1.73. The molecule has 4 nitrogen and oxygen atoms in total. The summed E-state index contributed by atoms with van der Waals surface area (Å²) in [6.45, 7) is 3.85. The number of rotatable bonds is 3. The number of likely N-dealkylation sites (tertiary alicyclic amines) is 1. The van der Waals surface area contributed by atoms with Crippen LogP contribution in [0, 0.1) is 0 Å². The molecule has 6 heteroatoms. The van der Waals surface area contributed by atoms with Crippen molar-refractivity contribution in [1.29, 1.82) is 0 Å². The quantitative estimate of drug-likeness (QED) is 0.855. The van der Waals surface area contributed by atoms with Crippen LogP contribution < -0.4 is 0 Å². The van der Waals surface area contributed by atoms with Gasteiger partial charge in [-0.3, -0.25) is 9.69 Å². The number of nitrogens with zero attached hydrogens (tertiary/aromatic N) is 2. The lowest BCUT2D eigenvalue weighted by atomic mass is 9.93. The van der Waals surface area contributed by atoms with Crippen LogP contribution in [-0.4, -0.2) is 60.8 Å². The number of carbonyl (C=O) groups is 1. The van der Waals surface area contributed by atoms with E-state index >= 15 is 4.39 Å². The van der Waals surface area contributed by atoms with E-state index in [1.54, 1.807) is 16.2 Å². The van der Waals surface area contributed by atoms with Gasteiger partial charge in [-0.05, 0) is 30.8 Å². The molecule has 1 aromatic heterocycles. The molecule has 21 heavy (non-hydrogen) atoms. The Balaban J connectivity index is 1.64. The third-order valence-electron chi connectivity index (χ3n) is 4.16. The molecule has 2 aliphatic rings. The largest absolute Gasteiger partial charge is 0.378 e. The number of amides is 1. The minimum atomic E-state index is -1.73. The van der Waals surface area contributed by atoms with Gasteiger partial charge >= 0.3 is 0 Å². The molecule has 1 amide bonds. The third kappa shape index (κ3) is 3.44. The topological polar surface area (TPSA) is 32.8 Å². The Hall–Kier alpha value is -0.980. The second-order valence-corrected chi connectivity index (χ2v) is 6.80. The number of thiophene rings is 1. The van der Waals surface area contributed by atoms with Gasteiger partial charge in [0.1, 0.15) is 0 Å². The molecule has 2 fully saturated rings. The van der Waals surface area contributed by atoms with Crippen LogP contribution in [0.3, 0.4) is 0 Å². The average molecular weight is 312 g/mol. The highest BCUT2D eigenvalue weighted by molar-refractivity contribution is 7.09. The monoisotopic (exact) mass is 312 g/mol. The van der Waals surface area contributed by atoms with E-state index in [-0.39, 0.29) is 12.5 Å². The van der Waals surface area contributed by atoms with Gasteiger partial charge in [-0.25, -0.2) is 4.39 Å². The van der Waals surface area contributed by atoms with E-state index in [4.69, 9.17) is 4.74 Å². The smallest absolute Gasteiger partial charge is 0.261 e. The fraction of sp³-hybridized carbons (Fsp3) is 0.667. The first kappa shape index (κ1) is 14.9. The number of carbonyl (C=O) groups excluding carboxylic acids is 1. The molecule has 0 bridgehead atoms. The zero-order valence-electron chi connectivity index (χ0n) is 12.1. The van der Waals surface area contributed by atoms with Crippen molar-refractivity contribution < 1.29 is 13.9 Å². The van der Waals surface area contributed by atoms with Crippen molar-refractivity contribution in [2.24, 2.45) is 0 Å². The van der Waals surface area contributed by atoms with Crippen LogP contribution in [-0.2, 0) is 16.1 Å². The van der Waals surface area contributed by atoms with Crippen LogP contribution in [0.4, 0.5) is 4.39 Å². The SMILES string of the molecule is O=C(N1CCOCC1)C1(F)CCCN(Cc2cccs2)C1. The van der Waals surface area contributed by atoms with E-state index in [0.29, 0.717) is 32.7 Å². The van der Waals surface area contributed by atoms with Crippen molar-refractivity contribution >= 4 is 17.2 Å². The summed E-state index contributed by atoms with van der Waals surface area (Å²) >= 11 is 1.68. The minimum Gasteiger partial charge on any atom is -0.378 e. The van der Waals surface area contributed by atoms with Gasteiger partial charge in [0.2, 0.25) is 5.67 Å². The van der Waals surface area contributed by atoms with Gasteiger partial charge in [0.15, 0.2) is 0 Å². The van der Waals surface area contributed by atoms with Crippen molar-refractivity contribution in [3.8, 4) is 0 Å². The summed E-state index contributed by atoms with van der Waals surface area (Å²) in [7, 11) is 0. The van der Waals surface area contributed by atoms with E-state index in [0.717, 1.165) is 19.5 Å². The second-order valence-electron chi connectivity index (χ2n) is 5.76. The number of hydrogen-bond donors (Lipinski definition) is 0. The summed E-state index contributed by atoms with van der Waals surface area (Å²) in [5, 5.41) is 2.03. The molecule has 0 aliphatic carbocycles. The first-order valence-electron chi connectivity index (χ1n) is 7.48. The Labute approximate surface area is 128 Å². The highest BCUT2D eigenvalue weighted by Crippen LogP contribution is 2.29. The van der Waals surface area contributed by atoms with Gasteiger partial charge in [-0.15, -0.1) is 11.3 Å². The van der Waals surface area contributed by atoms with E-state index < -0.39 is 5.67 Å². The summed E-state index contributed by atoms with van der Waals surface area (Å²) in [6, 6.07) is 4.06. The Morgan fingerprint density at radius 1 is 1.38 bits per heavy atom. The zero-order chi connectivity index (χ0) is 14.7. The highest BCUT2D eigenvalue weighted by atomic mass is 32.1. The summed E-state index contributed by atoms with van der Waals surface area (Å²) in [4.78, 5) is 17.4. The molecular formula is C15H21FN2O2S. The fourth-order valence-corrected chi connectivity index (χ4v) is 3.82. The molecule has 0 radical (unpaired) electrons. The number of alkyl halides is 1. The molecule has 0 spiro atoms. The molecular weight excluding hydrogens is 291 g/mol. The lowest BCUT2D eigenvalue weighted by Gasteiger charge is -2.39. The Morgan fingerprint density at radius 3 is 2.90 bits per heavy atom. The Morgan fingerprint density at radius 2 is 2.19 bits per heavy atom. The summed E-state index contributed by atoms with van der Waals surface area (Å²) in [5.74, 6) is -0.346. The van der Waals surface area contributed by atoms with Crippen LogP contribution in [0.2, 0.25) is 0 Å². The van der Waals surface area contributed by atoms with Crippen molar-refractivity contribution in [2.45, 2.75) is 25.1 Å². The van der Waals surface area contributed by atoms with Gasteiger partial charge in [0.25, 0.3) is 5.91 Å². The zero-order valence-corrected chi connectivity index (χ0v) is 12.9. The maximum Gasteiger partial charge on any atom is 0.261 e. The maximum atomic E-state index is 15.2. The molecule has 0 N–H and O–H groups in total. The van der Waals surface area contributed by atoms with Crippen LogP contribution in [0.15, 0.2) is 17.5 Å². The van der Waals surface area contributed by atoms with Gasteiger partial charge in [-0.1, -0.05) is 6.07 Å². The lowest BCUT2D eigenvalue weighted by Crippen LogP contribution is -2.57. The molecule has 1 unspecified atom stereocenters. The van der Waals surface area contributed by atoms with Crippen molar-refractivity contribution in [2.75, 3.05) is 39.4 Å².